The van der Waals surface area contributed by atoms with E-state index in [0.29, 0.717) is 0 Å². The first-order valence-corrected chi connectivity index (χ1v) is 5.22. The third-order valence-electron chi connectivity index (χ3n) is 1.93. The van der Waals surface area contributed by atoms with Gasteiger partial charge in [-0.2, -0.15) is 11.3 Å². The Bertz CT molecular complexity index is 364. The zero-order valence-electron chi connectivity index (χ0n) is 7.49. The van der Waals surface area contributed by atoms with Gasteiger partial charge in [0.1, 0.15) is 5.76 Å². The minimum absolute atomic E-state index is 0.889. The molecule has 0 aliphatic heterocycles. The van der Waals surface area contributed by atoms with Gasteiger partial charge in [0.15, 0.2) is 0 Å². The van der Waals surface area contributed by atoms with Gasteiger partial charge in [-0.3, -0.25) is 0 Å². The molecule has 0 saturated heterocycles. The van der Waals surface area contributed by atoms with Crippen LogP contribution in [0.1, 0.15) is 17.0 Å². The largest absolute Gasteiger partial charge is 0.361 e. The van der Waals surface area contributed by atoms with E-state index in [0.717, 1.165) is 24.3 Å². The highest BCUT2D eigenvalue weighted by molar-refractivity contribution is 7.07. The number of thiophene rings is 1. The van der Waals surface area contributed by atoms with E-state index >= 15 is 0 Å². The monoisotopic (exact) mass is 193 g/mol. The first-order chi connectivity index (χ1) is 6.34. The molecule has 0 saturated carbocycles. The Morgan fingerprint density at radius 2 is 2.38 bits per heavy atom. The molecule has 0 aliphatic rings. The summed E-state index contributed by atoms with van der Waals surface area (Å²) in [5, 5.41) is 8.22. The van der Waals surface area contributed by atoms with Crippen molar-refractivity contribution in [1.82, 2.24) is 5.16 Å². The summed E-state index contributed by atoms with van der Waals surface area (Å²) < 4.78 is 4.99. The van der Waals surface area contributed by atoms with E-state index in [1.165, 1.54) is 5.56 Å². The topological polar surface area (TPSA) is 26.0 Å². The van der Waals surface area contributed by atoms with Crippen molar-refractivity contribution in [2.75, 3.05) is 0 Å². The highest BCUT2D eigenvalue weighted by Gasteiger charge is 2.00. The van der Waals surface area contributed by atoms with Crippen molar-refractivity contribution in [2.24, 2.45) is 0 Å². The lowest BCUT2D eigenvalue weighted by Crippen LogP contribution is -1.88. The molecule has 2 nitrogen and oxygen atoms in total. The molecule has 68 valence electrons. The molecular weight excluding hydrogens is 182 g/mol. The van der Waals surface area contributed by atoms with E-state index in [-0.39, 0.29) is 0 Å². The zero-order valence-corrected chi connectivity index (χ0v) is 8.30. The molecule has 0 aromatic carbocycles. The van der Waals surface area contributed by atoms with Crippen LogP contribution < -0.4 is 0 Å². The molecule has 0 unspecified atom stereocenters. The maximum Gasteiger partial charge on any atom is 0.133 e. The highest BCUT2D eigenvalue weighted by atomic mass is 32.1. The predicted octanol–water partition coefficient (Wildman–Crippen LogP) is 2.83. The Hall–Kier alpha value is -1.09. The Morgan fingerprint density at radius 3 is 3.00 bits per heavy atom. The second-order valence-corrected chi connectivity index (χ2v) is 3.84. The minimum atomic E-state index is 0.889. The second-order valence-electron chi connectivity index (χ2n) is 3.06. The van der Waals surface area contributed by atoms with Crippen molar-refractivity contribution in [2.45, 2.75) is 19.8 Å². The van der Waals surface area contributed by atoms with Gasteiger partial charge in [0.05, 0.1) is 5.69 Å². The summed E-state index contributed by atoms with van der Waals surface area (Å²) in [6, 6.07) is 4.14. The molecule has 0 aliphatic carbocycles. The quantitative estimate of drug-likeness (QED) is 0.749. The molecule has 2 heterocycles. The zero-order chi connectivity index (χ0) is 9.10. The number of hydrogen-bond acceptors (Lipinski definition) is 3. The maximum atomic E-state index is 4.99. The number of nitrogens with zero attached hydrogens (tertiary/aromatic N) is 1. The number of hydrogen-bond donors (Lipinski definition) is 0. The van der Waals surface area contributed by atoms with Crippen LogP contribution in [0.3, 0.4) is 0 Å². The van der Waals surface area contributed by atoms with E-state index in [1.54, 1.807) is 11.3 Å². The summed E-state index contributed by atoms with van der Waals surface area (Å²) in [6.07, 6.45) is 2.02. The van der Waals surface area contributed by atoms with Gasteiger partial charge in [0.25, 0.3) is 0 Å². The van der Waals surface area contributed by atoms with Gasteiger partial charge in [0, 0.05) is 6.07 Å². The van der Waals surface area contributed by atoms with Crippen LogP contribution in [0.5, 0.6) is 0 Å². The van der Waals surface area contributed by atoms with E-state index in [4.69, 9.17) is 4.52 Å². The second kappa shape index (κ2) is 3.75. The van der Waals surface area contributed by atoms with E-state index in [2.05, 4.69) is 22.0 Å². The molecule has 3 heteroatoms. The molecule has 0 spiro atoms. The Kier molecular flexibility index (Phi) is 2.45. The molecule has 0 amide bonds. The number of aromatic nitrogens is 1. The fourth-order valence-corrected chi connectivity index (χ4v) is 1.95. The smallest absolute Gasteiger partial charge is 0.133 e. The van der Waals surface area contributed by atoms with Crippen LogP contribution in [-0.4, -0.2) is 5.16 Å². The van der Waals surface area contributed by atoms with E-state index in [1.807, 2.05) is 13.0 Å². The van der Waals surface area contributed by atoms with Crippen LogP contribution in [0.15, 0.2) is 27.4 Å². The van der Waals surface area contributed by atoms with Crippen molar-refractivity contribution < 1.29 is 4.52 Å². The van der Waals surface area contributed by atoms with E-state index < -0.39 is 0 Å². The Balaban J connectivity index is 1.93. The van der Waals surface area contributed by atoms with Crippen LogP contribution in [0, 0.1) is 6.92 Å². The summed E-state index contributed by atoms with van der Waals surface area (Å²) in [7, 11) is 0. The Morgan fingerprint density at radius 1 is 1.46 bits per heavy atom. The fraction of sp³-hybridized carbons (Fsp3) is 0.300. The van der Waals surface area contributed by atoms with Gasteiger partial charge in [-0.15, -0.1) is 0 Å². The number of aryl methyl sites for hydroxylation is 3. The van der Waals surface area contributed by atoms with Gasteiger partial charge >= 0.3 is 0 Å². The predicted molar refractivity (Wildman–Crippen MR) is 53.0 cm³/mol. The highest BCUT2D eigenvalue weighted by Crippen LogP contribution is 2.10. The molecule has 0 N–H and O–H groups in total. The normalized spacial score (nSPS) is 10.5. The summed E-state index contributed by atoms with van der Waals surface area (Å²) in [6.45, 7) is 1.92. The summed E-state index contributed by atoms with van der Waals surface area (Å²) in [4.78, 5) is 0. The standard InChI is InChI=1S/C10H11NOS/c1-8-6-10(11-12-8)3-2-9-4-5-13-7-9/h4-7H,2-3H2,1H3. The average Bonchev–Trinajstić information content (AvgIpc) is 2.71. The maximum absolute atomic E-state index is 4.99. The third-order valence-corrected chi connectivity index (χ3v) is 2.66. The summed E-state index contributed by atoms with van der Waals surface area (Å²) in [5.41, 5.74) is 2.43. The summed E-state index contributed by atoms with van der Waals surface area (Å²) in [5.74, 6) is 0.889. The third kappa shape index (κ3) is 2.18. The molecular formula is C10H11NOS. The van der Waals surface area contributed by atoms with Gasteiger partial charge in [-0.25, -0.2) is 0 Å². The van der Waals surface area contributed by atoms with Gasteiger partial charge in [-0.05, 0) is 42.2 Å². The average molecular weight is 193 g/mol. The first kappa shape index (κ1) is 8.51. The summed E-state index contributed by atoms with van der Waals surface area (Å²) >= 11 is 1.74. The first-order valence-electron chi connectivity index (χ1n) is 4.28. The molecule has 2 aromatic heterocycles. The molecule has 2 rings (SSSR count). The van der Waals surface area contributed by atoms with Crippen molar-refractivity contribution in [3.05, 3.63) is 39.9 Å². The number of rotatable bonds is 3. The van der Waals surface area contributed by atoms with Crippen molar-refractivity contribution >= 4 is 11.3 Å². The van der Waals surface area contributed by atoms with Crippen LogP contribution in [0.4, 0.5) is 0 Å². The van der Waals surface area contributed by atoms with E-state index in [9.17, 15) is 0 Å². The Labute approximate surface area is 81.2 Å². The van der Waals surface area contributed by atoms with Crippen molar-refractivity contribution in [1.29, 1.82) is 0 Å². The van der Waals surface area contributed by atoms with Gasteiger partial charge < -0.3 is 4.52 Å². The minimum Gasteiger partial charge on any atom is -0.361 e. The molecule has 0 radical (unpaired) electrons. The van der Waals surface area contributed by atoms with Crippen LogP contribution in [0.2, 0.25) is 0 Å². The van der Waals surface area contributed by atoms with Crippen molar-refractivity contribution in [3.8, 4) is 0 Å². The lowest BCUT2D eigenvalue weighted by atomic mass is 10.1. The van der Waals surface area contributed by atoms with Crippen LogP contribution in [-0.2, 0) is 12.8 Å². The van der Waals surface area contributed by atoms with Crippen molar-refractivity contribution in [3.63, 3.8) is 0 Å². The lowest BCUT2D eigenvalue weighted by Gasteiger charge is -1.91. The lowest BCUT2D eigenvalue weighted by molar-refractivity contribution is 0.390. The van der Waals surface area contributed by atoms with Gasteiger partial charge in [-0.1, -0.05) is 5.16 Å². The molecule has 0 bridgehead atoms. The van der Waals surface area contributed by atoms with Crippen LogP contribution >= 0.6 is 11.3 Å². The molecule has 0 atom stereocenters. The SMILES string of the molecule is Cc1cc(CCc2ccsc2)no1. The molecule has 13 heavy (non-hydrogen) atoms. The van der Waals surface area contributed by atoms with Gasteiger partial charge in [0.2, 0.25) is 0 Å². The molecule has 0 fully saturated rings. The fourth-order valence-electron chi connectivity index (χ4n) is 1.24. The molecule has 2 aromatic rings. The van der Waals surface area contributed by atoms with Crippen LogP contribution in [0.25, 0.3) is 0 Å².